The largest absolute Gasteiger partial charge is 0.481 e. The summed E-state index contributed by atoms with van der Waals surface area (Å²) >= 11 is 0. The number of ketones is 1. The van der Waals surface area contributed by atoms with Gasteiger partial charge in [-0.05, 0) is 31.8 Å². The van der Waals surface area contributed by atoms with Crippen LogP contribution in [0.4, 0.5) is 0 Å². The van der Waals surface area contributed by atoms with E-state index < -0.39 is 5.97 Å². The summed E-state index contributed by atoms with van der Waals surface area (Å²) in [6.45, 7) is 2.07. The molecule has 1 N–H and O–H groups in total. The van der Waals surface area contributed by atoms with Gasteiger partial charge in [-0.15, -0.1) is 0 Å². The minimum absolute atomic E-state index is 0.180. The van der Waals surface area contributed by atoms with Crippen LogP contribution in [0.1, 0.15) is 58.3 Å². The highest BCUT2D eigenvalue weighted by Gasteiger charge is 1.94. The van der Waals surface area contributed by atoms with Crippen molar-refractivity contribution in [2.45, 2.75) is 58.3 Å². The number of unbranched alkanes of at least 4 members (excludes halogenated alkanes) is 4. The molecule has 0 bridgehead atoms. The Labute approximate surface area is 122 Å². The molecule has 0 aromatic heterocycles. The van der Waals surface area contributed by atoms with Crippen LogP contribution >= 0.6 is 0 Å². The molecule has 0 spiro atoms. The highest BCUT2D eigenvalue weighted by molar-refractivity contribution is 5.89. The molecule has 0 aliphatic heterocycles. The predicted octanol–water partition coefficient (Wildman–Crippen LogP) is 4.45. The van der Waals surface area contributed by atoms with Crippen molar-refractivity contribution in [3.63, 3.8) is 0 Å². The van der Waals surface area contributed by atoms with E-state index >= 15 is 0 Å². The van der Waals surface area contributed by atoms with Crippen LogP contribution in [0.2, 0.25) is 0 Å². The Balaban J connectivity index is 3.54. The maximum atomic E-state index is 11.3. The number of hydrogen-bond donors (Lipinski definition) is 1. The van der Waals surface area contributed by atoms with Crippen LogP contribution in [-0.4, -0.2) is 16.9 Å². The smallest absolute Gasteiger partial charge is 0.303 e. The van der Waals surface area contributed by atoms with Gasteiger partial charge in [-0.3, -0.25) is 9.59 Å². The van der Waals surface area contributed by atoms with Crippen molar-refractivity contribution in [3.8, 4) is 0 Å². The Morgan fingerprint density at radius 3 is 2.35 bits per heavy atom. The van der Waals surface area contributed by atoms with E-state index in [1.807, 2.05) is 18.2 Å². The van der Waals surface area contributed by atoms with E-state index in [-0.39, 0.29) is 12.2 Å². The third-order valence-corrected chi connectivity index (χ3v) is 2.79. The Bertz CT molecular complexity index is 351. The monoisotopic (exact) mass is 278 g/mol. The molecule has 0 saturated carbocycles. The second-order valence-corrected chi connectivity index (χ2v) is 4.74. The van der Waals surface area contributed by atoms with Crippen LogP contribution in [0.5, 0.6) is 0 Å². The summed E-state index contributed by atoms with van der Waals surface area (Å²) in [7, 11) is 0. The molecule has 0 aromatic carbocycles. The van der Waals surface area contributed by atoms with Gasteiger partial charge < -0.3 is 5.11 Å². The Kier molecular flexibility index (Phi) is 12.7. The molecule has 112 valence electrons. The van der Waals surface area contributed by atoms with Gasteiger partial charge in [-0.1, -0.05) is 50.1 Å². The zero-order valence-electron chi connectivity index (χ0n) is 12.4. The van der Waals surface area contributed by atoms with E-state index in [9.17, 15) is 9.59 Å². The van der Waals surface area contributed by atoms with E-state index in [0.717, 1.165) is 38.5 Å². The van der Waals surface area contributed by atoms with E-state index in [0.29, 0.717) is 6.42 Å². The van der Waals surface area contributed by atoms with Gasteiger partial charge in [0.05, 0.1) is 0 Å². The van der Waals surface area contributed by atoms with Crippen LogP contribution in [0.15, 0.2) is 36.5 Å². The minimum Gasteiger partial charge on any atom is -0.481 e. The minimum atomic E-state index is -0.719. The van der Waals surface area contributed by atoms with Gasteiger partial charge in [-0.25, -0.2) is 0 Å². The molecule has 20 heavy (non-hydrogen) atoms. The number of hydrogen-bond acceptors (Lipinski definition) is 2. The average molecular weight is 278 g/mol. The van der Waals surface area contributed by atoms with Crippen LogP contribution in [0.3, 0.4) is 0 Å². The zero-order valence-corrected chi connectivity index (χ0v) is 12.4. The molecule has 0 amide bonds. The molecular formula is C17H26O3. The first-order valence-electron chi connectivity index (χ1n) is 7.41. The van der Waals surface area contributed by atoms with Crippen molar-refractivity contribution in [2.75, 3.05) is 0 Å². The fourth-order valence-electron chi connectivity index (χ4n) is 1.62. The van der Waals surface area contributed by atoms with E-state index in [4.69, 9.17) is 5.11 Å². The van der Waals surface area contributed by atoms with Crippen LogP contribution in [-0.2, 0) is 9.59 Å². The van der Waals surface area contributed by atoms with Gasteiger partial charge in [-0.2, -0.15) is 0 Å². The van der Waals surface area contributed by atoms with Gasteiger partial charge >= 0.3 is 5.97 Å². The molecule has 0 fully saturated rings. The molecule has 3 nitrogen and oxygen atoms in total. The highest BCUT2D eigenvalue weighted by Crippen LogP contribution is 2.03. The summed E-state index contributed by atoms with van der Waals surface area (Å²) in [5.74, 6) is -0.539. The normalized spacial score (nSPS) is 11.8. The topological polar surface area (TPSA) is 54.4 Å². The summed E-state index contributed by atoms with van der Waals surface area (Å²) in [4.78, 5) is 21.6. The lowest BCUT2D eigenvalue weighted by Gasteiger charge is -1.94. The van der Waals surface area contributed by atoms with Crippen molar-refractivity contribution in [3.05, 3.63) is 36.5 Å². The second kappa shape index (κ2) is 13.8. The summed E-state index contributed by atoms with van der Waals surface area (Å²) in [6, 6.07) is 0. The second-order valence-electron chi connectivity index (χ2n) is 4.74. The Morgan fingerprint density at radius 2 is 1.65 bits per heavy atom. The molecule has 0 aliphatic rings. The van der Waals surface area contributed by atoms with Gasteiger partial charge in [0.25, 0.3) is 0 Å². The van der Waals surface area contributed by atoms with Crippen molar-refractivity contribution < 1.29 is 14.7 Å². The van der Waals surface area contributed by atoms with Crippen molar-refractivity contribution in [2.24, 2.45) is 0 Å². The fraction of sp³-hybridized carbons (Fsp3) is 0.529. The van der Waals surface area contributed by atoms with Crippen molar-refractivity contribution in [1.29, 1.82) is 0 Å². The van der Waals surface area contributed by atoms with E-state index in [2.05, 4.69) is 13.0 Å². The number of aliphatic carboxylic acids is 1. The highest BCUT2D eigenvalue weighted by atomic mass is 16.4. The molecule has 0 unspecified atom stereocenters. The molecule has 0 rings (SSSR count). The number of rotatable bonds is 12. The Hall–Kier alpha value is -1.64. The van der Waals surface area contributed by atoms with Crippen molar-refractivity contribution >= 4 is 11.8 Å². The van der Waals surface area contributed by atoms with Gasteiger partial charge in [0.15, 0.2) is 5.78 Å². The number of carboxylic acid groups (broad SMARTS) is 1. The first-order chi connectivity index (χ1) is 9.66. The van der Waals surface area contributed by atoms with Crippen LogP contribution in [0, 0.1) is 0 Å². The first-order valence-corrected chi connectivity index (χ1v) is 7.41. The quantitative estimate of drug-likeness (QED) is 0.326. The standard InChI is InChI=1S/C17H26O3/c1-2-3-13-16(18)14-11-9-7-5-4-6-8-10-12-15-17(19)20/h4-5,7,9,11,14H,2-3,6,8,10,12-13,15H2,1H3,(H,19,20). The van der Waals surface area contributed by atoms with Gasteiger partial charge in [0.2, 0.25) is 0 Å². The van der Waals surface area contributed by atoms with Crippen LogP contribution in [0.25, 0.3) is 0 Å². The molecule has 0 atom stereocenters. The maximum absolute atomic E-state index is 11.3. The zero-order chi connectivity index (χ0) is 15.1. The average Bonchev–Trinajstić information content (AvgIpc) is 2.42. The summed E-state index contributed by atoms with van der Waals surface area (Å²) in [5.41, 5.74) is 0. The van der Waals surface area contributed by atoms with Gasteiger partial charge in [0.1, 0.15) is 0 Å². The van der Waals surface area contributed by atoms with Crippen molar-refractivity contribution in [1.82, 2.24) is 0 Å². The summed E-state index contributed by atoms with van der Waals surface area (Å²) < 4.78 is 0. The third-order valence-electron chi connectivity index (χ3n) is 2.79. The summed E-state index contributed by atoms with van der Waals surface area (Å²) in [6.07, 6.45) is 17.7. The van der Waals surface area contributed by atoms with Gasteiger partial charge in [0, 0.05) is 12.8 Å². The molecular weight excluding hydrogens is 252 g/mol. The lowest BCUT2D eigenvalue weighted by molar-refractivity contribution is -0.137. The number of allylic oxidation sites excluding steroid dienone is 6. The summed E-state index contributed by atoms with van der Waals surface area (Å²) in [5, 5.41) is 8.47. The number of carbonyl (C=O) groups excluding carboxylic acids is 1. The molecule has 0 heterocycles. The lowest BCUT2D eigenvalue weighted by Crippen LogP contribution is -1.93. The number of carboxylic acids is 1. The SMILES string of the molecule is CCCCC(=O)C=CC=CC=CCCCCCC(=O)O. The maximum Gasteiger partial charge on any atom is 0.303 e. The molecule has 0 saturated heterocycles. The Morgan fingerprint density at radius 1 is 0.900 bits per heavy atom. The predicted molar refractivity (Wildman–Crippen MR) is 82.7 cm³/mol. The first kappa shape index (κ1) is 18.4. The van der Waals surface area contributed by atoms with E-state index in [1.165, 1.54) is 0 Å². The molecule has 0 aromatic rings. The van der Waals surface area contributed by atoms with E-state index in [1.54, 1.807) is 12.2 Å². The third kappa shape index (κ3) is 14.4. The molecule has 3 heteroatoms. The molecule has 0 radical (unpaired) electrons. The van der Waals surface area contributed by atoms with Crippen LogP contribution < -0.4 is 0 Å². The molecule has 0 aliphatic carbocycles. The fourth-order valence-corrected chi connectivity index (χ4v) is 1.62. The number of carbonyl (C=O) groups is 2. The lowest BCUT2D eigenvalue weighted by atomic mass is 10.1.